The van der Waals surface area contributed by atoms with Crippen molar-refractivity contribution in [1.29, 1.82) is 0 Å². The molecule has 0 aromatic heterocycles. The molecule has 0 bridgehead atoms. The van der Waals surface area contributed by atoms with E-state index in [4.69, 9.17) is 9.47 Å². The van der Waals surface area contributed by atoms with Gasteiger partial charge in [-0.05, 0) is 0 Å². The first kappa shape index (κ1) is 16.8. The van der Waals surface area contributed by atoms with Crippen molar-refractivity contribution in [3.63, 3.8) is 0 Å². The van der Waals surface area contributed by atoms with Crippen LogP contribution in [0.5, 0.6) is 0 Å². The molecule has 0 N–H and O–H groups in total. The van der Waals surface area contributed by atoms with Gasteiger partial charge in [0, 0.05) is 0 Å². The Bertz CT molecular complexity index is 508. The molecule has 1 aromatic rings. The number of benzene rings is 1. The zero-order valence-electron chi connectivity index (χ0n) is 12.9. The molecule has 5 nitrogen and oxygen atoms in total. The number of carbonyl (C=O) groups is 2. The molecule has 2 atom stereocenters. The minimum atomic E-state index is -0.314. The van der Waals surface area contributed by atoms with Crippen molar-refractivity contribution >= 4 is 31.5 Å². The first-order chi connectivity index (χ1) is 10.6. The summed E-state index contributed by atoms with van der Waals surface area (Å²) in [4.78, 5) is 25.0. The third-order valence-electron chi connectivity index (χ3n) is 3.47. The van der Waals surface area contributed by atoms with Gasteiger partial charge in [0.15, 0.2) is 0 Å². The number of amides is 1. The van der Waals surface area contributed by atoms with E-state index in [0.29, 0.717) is 19.6 Å². The van der Waals surface area contributed by atoms with Crippen LogP contribution in [0.3, 0.4) is 0 Å². The number of rotatable bonds is 5. The molecule has 0 unspecified atom stereocenters. The van der Waals surface area contributed by atoms with Crippen LogP contribution in [-0.2, 0) is 14.3 Å². The normalized spacial score (nSPS) is 20.7. The predicted molar refractivity (Wildman–Crippen MR) is 84.3 cm³/mol. The molecule has 22 heavy (non-hydrogen) atoms. The van der Waals surface area contributed by atoms with Crippen molar-refractivity contribution in [2.75, 3.05) is 13.2 Å². The van der Waals surface area contributed by atoms with E-state index < -0.39 is 0 Å². The molecule has 6 heteroatoms. The maximum atomic E-state index is 12.1. The van der Waals surface area contributed by atoms with Gasteiger partial charge in [0.1, 0.15) is 0 Å². The Kier molecular flexibility index (Phi) is 6.28. The average molecular weight is 370 g/mol. The van der Waals surface area contributed by atoms with Crippen LogP contribution < -0.4 is 4.46 Å². The van der Waals surface area contributed by atoms with Gasteiger partial charge in [-0.3, -0.25) is 0 Å². The van der Waals surface area contributed by atoms with E-state index in [1.807, 2.05) is 18.2 Å². The molecule has 1 amide bonds. The summed E-state index contributed by atoms with van der Waals surface area (Å²) >= 11 is 0.222. The fourth-order valence-electron chi connectivity index (χ4n) is 2.50. The van der Waals surface area contributed by atoms with Crippen molar-refractivity contribution in [3.8, 4) is 0 Å². The summed E-state index contributed by atoms with van der Waals surface area (Å²) in [5.41, 5.74) is 0. The van der Waals surface area contributed by atoms with Gasteiger partial charge in [0.25, 0.3) is 0 Å². The van der Waals surface area contributed by atoms with Crippen LogP contribution in [0.1, 0.15) is 20.3 Å². The van der Waals surface area contributed by atoms with Crippen molar-refractivity contribution in [3.05, 3.63) is 30.3 Å². The molecule has 1 saturated heterocycles. The van der Waals surface area contributed by atoms with Gasteiger partial charge in [0.2, 0.25) is 0 Å². The van der Waals surface area contributed by atoms with Crippen LogP contribution in [0.2, 0.25) is 5.32 Å². The quantitative estimate of drug-likeness (QED) is 0.584. The zero-order chi connectivity index (χ0) is 15.9. The summed E-state index contributed by atoms with van der Waals surface area (Å²) < 4.78 is 11.8. The predicted octanol–water partition coefficient (Wildman–Crippen LogP) is 1.60. The Morgan fingerprint density at radius 1 is 1.32 bits per heavy atom. The summed E-state index contributed by atoms with van der Waals surface area (Å²) in [5, 5.41) is 0.813. The molecule has 0 aliphatic carbocycles. The molecule has 1 aliphatic heterocycles. The van der Waals surface area contributed by atoms with Gasteiger partial charge < -0.3 is 0 Å². The average Bonchev–Trinajstić information content (AvgIpc) is 2.88. The summed E-state index contributed by atoms with van der Waals surface area (Å²) in [5.74, 6) is -0.298. The van der Waals surface area contributed by atoms with Gasteiger partial charge >= 0.3 is 137 Å². The third kappa shape index (κ3) is 4.49. The van der Waals surface area contributed by atoms with E-state index in [1.54, 1.807) is 11.8 Å². The second-order valence-corrected chi connectivity index (χ2v) is 7.31. The van der Waals surface area contributed by atoms with Crippen LogP contribution >= 0.6 is 0 Å². The fourth-order valence-corrected chi connectivity index (χ4v) is 4.83. The van der Waals surface area contributed by atoms with Gasteiger partial charge in [-0.25, -0.2) is 0 Å². The molecule has 0 saturated carbocycles. The van der Waals surface area contributed by atoms with Crippen molar-refractivity contribution < 1.29 is 19.1 Å². The molecule has 2 rings (SSSR count). The number of carbonyl (C=O) groups excluding carboxylic acids is 2. The van der Waals surface area contributed by atoms with E-state index in [-0.39, 0.29) is 39.2 Å². The zero-order valence-corrected chi connectivity index (χ0v) is 14.6. The van der Waals surface area contributed by atoms with Crippen molar-refractivity contribution in [2.24, 2.45) is 0 Å². The molecule has 1 heterocycles. The van der Waals surface area contributed by atoms with Crippen LogP contribution in [-0.4, -0.2) is 57.2 Å². The Morgan fingerprint density at radius 2 is 2.05 bits per heavy atom. The molecule has 0 radical (unpaired) electrons. The minimum absolute atomic E-state index is 0.0943. The maximum absolute atomic E-state index is 12.1. The molecule has 1 aromatic carbocycles. The first-order valence-corrected chi connectivity index (χ1v) is 9.47. The van der Waals surface area contributed by atoms with E-state index in [0.717, 1.165) is 5.32 Å². The second kappa shape index (κ2) is 8.20. The van der Waals surface area contributed by atoms with Gasteiger partial charge in [-0.15, -0.1) is 0 Å². The Labute approximate surface area is 137 Å². The summed E-state index contributed by atoms with van der Waals surface area (Å²) in [6, 6.07) is 10.1. The Morgan fingerprint density at radius 3 is 2.68 bits per heavy atom. The van der Waals surface area contributed by atoms with Crippen LogP contribution in [0, 0.1) is 0 Å². The van der Waals surface area contributed by atoms with E-state index in [1.165, 1.54) is 11.4 Å². The fraction of sp³-hybridized carbons (Fsp3) is 0.500. The molecular formula is C16H21NO4Se. The number of hydrogen-bond acceptors (Lipinski definition) is 4. The number of ether oxygens (including phenoxy) is 2. The third-order valence-corrected chi connectivity index (χ3v) is 5.80. The van der Waals surface area contributed by atoms with Gasteiger partial charge in [-0.2, -0.15) is 0 Å². The van der Waals surface area contributed by atoms with E-state index in [9.17, 15) is 9.59 Å². The molecule has 0 spiro atoms. The van der Waals surface area contributed by atoms with Gasteiger partial charge in [-0.1, -0.05) is 0 Å². The summed E-state index contributed by atoms with van der Waals surface area (Å²) in [7, 11) is 0. The van der Waals surface area contributed by atoms with Crippen LogP contribution in [0.25, 0.3) is 0 Å². The number of likely N-dealkylation sites (tertiary alicyclic amines) is 1. The van der Waals surface area contributed by atoms with E-state index >= 15 is 0 Å². The standard InChI is InChI=1S/C16H21NO4Se/c1-3-20-16(19)17-10-9-15(21-12(2)18)14(17)11-22-13-7-5-4-6-8-13/h4-8,14-15H,3,9-11H2,1-2H3/t14-,15+/m0/s1. The Hall–Kier alpha value is -1.52. The van der Waals surface area contributed by atoms with Gasteiger partial charge in [0.05, 0.1) is 0 Å². The number of nitrogens with zero attached hydrogens (tertiary/aromatic N) is 1. The summed E-state index contributed by atoms with van der Waals surface area (Å²) in [6.07, 6.45) is 0.131. The summed E-state index contributed by atoms with van der Waals surface area (Å²) in [6.45, 7) is 4.13. The second-order valence-electron chi connectivity index (χ2n) is 5.02. The molecule has 1 fully saturated rings. The first-order valence-electron chi connectivity index (χ1n) is 7.40. The molecular weight excluding hydrogens is 349 g/mol. The van der Waals surface area contributed by atoms with Crippen LogP contribution in [0.15, 0.2) is 30.3 Å². The number of esters is 1. The van der Waals surface area contributed by atoms with Crippen molar-refractivity contribution in [2.45, 2.75) is 37.7 Å². The van der Waals surface area contributed by atoms with Crippen LogP contribution in [0.4, 0.5) is 4.79 Å². The number of hydrogen-bond donors (Lipinski definition) is 0. The van der Waals surface area contributed by atoms with E-state index in [2.05, 4.69) is 12.1 Å². The SMILES string of the molecule is CCOC(=O)N1CC[C@@H](OC(C)=O)[C@@H]1C[Se]c1ccccc1. The monoisotopic (exact) mass is 371 g/mol. The molecule has 1 aliphatic rings. The van der Waals surface area contributed by atoms with Crippen molar-refractivity contribution in [1.82, 2.24) is 4.90 Å². The topological polar surface area (TPSA) is 55.8 Å². The Balaban J connectivity index is 2.04. The molecule has 120 valence electrons.